The van der Waals surface area contributed by atoms with Crippen LogP contribution in [0.1, 0.15) is 47.1 Å². The molecule has 16 heavy (non-hydrogen) atoms. The molecule has 0 fully saturated rings. The van der Waals surface area contributed by atoms with Crippen LogP contribution in [0.5, 0.6) is 0 Å². The van der Waals surface area contributed by atoms with E-state index in [1.807, 2.05) is 0 Å². The lowest BCUT2D eigenvalue weighted by atomic mass is 9.87. The molecule has 0 spiro atoms. The monoisotopic (exact) mass is 236 g/mol. The molecule has 0 amide bonds. The van der Waals surface area contributed by atoms with Gasteiger partial charge in [0.1, 0.15) is 0 Å². The van der Waals surface area contributed by atoms with Crippen molar-refractivity contribution in [3.63, 3.8) is 0 Å². The van der Waals surface area contributed by atoms with E-state index in [-0.39, 0.29) is 11.0 Å². The van der Waals surface area contributed by atoms with Crippen LogP contribution < -0.4 is 5.19 Å². The summed E-state index contributed by atoms with van der Waals surface area (Å²) < 4.78 is 5.99. The van der Waals surface area contributed by atoms with E-state index in [4.69, 9.17) is 4.43 Å². The maximum Gasteiger partial charge on any atom is 0.193 e. The van der Waals surface area contributed by atoms with Gasteiger partial charge in [0.15, 0.2) is 9.76 Å². The highest BCUT2D eigenvalue weighted by Gasteiger charge is 2.19. The number of rotatable bonds is 2. The van der Waals surface area contributed by atoms with Crippen LogP contribution in [-0.2, 0) is 9.84 Å². The van der Waals surface area contributed by atoms with Crippen molar-refractivity contribution in [1.29, 1.82) is 0 Å². The van der Waals surface area contributed by atoms with Gasteiger partial charge in [-0.05, 0) is 36.9 Å². The van der Waals surface area contributed by atoms with Crippen LogP contribution in [0.2, 0.25) is 0 Å². The Hall–Kier alpha value is -0.603. The average molecular weight is 236 g/mol. The Morgan fingerprint density at radius 1 is 0.938 bits per heavy atom. The topological polar surface area (TPSA) is 9.23 Å². The van der Waals surface area contributed by atoms with Gasteiger partial charge in [0.2, 0.25) is 0 Å². The lowest BCUT2D eigenvalue weighted by Crippen LogP contribution is -2.33. The van der Waals surface area contributed by atoms with Gasteiger partial charge in [-0.1, -0.05) is 45.0 Å². The van der Waals surface area contributed by atoms with E-state index in [2.05, 4.69) is 65.8 Å². The molecule has 0 aliphatic carbocycles. The van der Waals surface area contributed by atoms with Crippen molar-refractivity contribution in [2.45, 2.75) is 52.6 Å². The fourth-order valence-corrected chi connectivity index (χ4v) is 3.30. The first-order valence-corrected chi connectivity index (χ1v) is 7.21. The molecule has 1 nitrogen and oxygen atoms in total. The molecule has 0 aromatic heterocycles. The highest BCUT2D eigenvalue weighted by molar-refractivity contribution is 6.47. The number of benzene rings is 1. The van der Waals surface area contributed by atoms with Crippen LogP contribution in [0.25, 0.3) is 0 Å². The van der Waals surface area contributed by atoms with Crippen molar-refractivity contribution in [1.82, 2.24) is 0 Å². The van der Waals surface area contributed by atoms with Crippen molar-refractivity contribution in [2.24, 2.45) is 0 Å². The number of hydrogen-bond acceptors (Lipinski definition) is 1. The molecular weight excluding hydrogens is 212 g/mol. The van der Waals surface area contributed by atoms with E-state index >= 15 is 0 Å². The average Bonchev–Trinajstić information content (AvgIpc) is 2.12. The van der Waals surface area contributed by atoms with Gasteiger partial charge in [-0.25, -0.2) is 0 Å². The second-order valence-corrected chi connectivity index (χ2v) is 7.65. The van der Waals surface area contributed by atoms with Crippen LogP contribution >= 0.6 is 0 Å². The molecule has 1 aromatic carbocycles. The highest BCUT2D eigenvalue weighted by atomic mass is 28.2. The summed E-state index contributed by atoms with van der Waals surface area (Å²) in [6.45, 7) is 13.2. The molecule has 2 heteroatoms. The molecule has 0 unspecified atom stereocenters. The molecule has 1 aromatic rings. The quantitative estimate of drug-likeness (QED) is 0.717. The zero-order valence-corrected chi connectivity index (χ0v) is 12.8. The minimum absolute atomic E-state index is 0.0166. The summed E-state index contributed by atoms with van der Waals surface area (Å²) in [5.41, 5.74) is 1.63. The highest BCUT2D eigenvalue weighted by Crippen LogP contribution is 2.20. The molecule has 0 heterocycles. The van der Waals surface area contributed by atoms with Gasteiger partial charge in [-0.15, -0.1) is 0 Å². The van der Waals surface area contributed by atoms with Crippen molar-refractivity contribution >= 4 is 14.9 Å². The zero-order chi connectivity index (χ0) is 12.4. The molecule has 0 atom stereocenters. The van der Waals surface area contributed by atoms with Crippen LogP contribution in [0.4, 0.5) is 0 Å². The van der Waals surface area contributed by atoms with Crippen molar-refractivity contribution in [2.75, 3.05) is 0 Å². The maximum atomic E-state index is 5.99. The zero-order valence-electron chi connectivity index (χ0n) is 11.4. The molecule has 0 radical (unpaired) electrons. The second kappa shape index (κ2) is 4.72. The lowest BCUT2D eigenvalue weighted by Gasteiger charge is -2.25. The van der Waals surface area contributed by atoms with Crippen molar-refractivity contribution < 1.29 is 4.43 Å². The Kier molecular flexibility index (Phi) is 3.97. The van der Waals surface area contributed by atoms with Gasteiger partial charge in [0.05, 0.1) is 0 Å². The molecular formula is C14H24OSi. The summed E-state index contributed by atoms with van der Waals surface area (Å²) in [7, 11) is -0.624. The molecule has 1 rings (SSSR count). The largest absolute Gasteiger partial charge is 0.414 e. The van der Waals surface area contributed by atoms with Gasteiger partial charge in [0.25, 0.3) is 0 Å². The molecule has 0 saturated carbocycles. The minimum Gasteiger partial charge on any atom is -0.414 e. The summed E-state index contributed by atoms with van der Waals surface area (Å²) in [6.07, 6.45) is 0. The van der Waals surface area contributed by atoms with E-state index in [0.717, 1.165) is 0 Å². The first-order chi connectivity index (χ1) is 7.20. The molecule has 0 aliphatic heterocycles. The third-order valence-electron chi connectivity index (χ3n) is 2.49. The lowest BCUT2D eigenvalue weighted by molar-refractivity contribution is 0.141. The standard InChI is InChI=1S/C14H24OSi/c1-13(2,3)11-9-7-8-10-12(11)16-15-14(4,5)6/h7-10H,16H2,1-6H3. The van der Waals surface area contributed by atoms with Crippen LogP contribution in [0.3, 0.4) is 0 Å². The fourth-order valence-electron chi connectivity index (χ4n) is 1.67. The maximum absolute atomic E-state index is 5.99. The van der Waals surface area contributed by atoms with Gasteiger partial charge >= 0.3 is 0 Å². The molecule has 0 saturated heterocycles. The third kappa shape index (κ3) is 4.10. The summed E-state index contributed by atoms with van der Waals surface area (Å²) in [4.78, 5) is 0. The van der Waals surface area contributed by atoms with Gasteiger partial charge in [0, 0.05) is 5.60 Å². The summed E-state index contributed by atoms with van der Waals surface area (Å²) in [5.74, 6) is 0. The van der Waals surface area contributed by atoms with Gasteiger partial charge < -0.3 is 4.43 Å². The van der Waals surface area contributed by atoms with Crippen LogP contribution in [0, 0.1) is 0 Å². The first-order valence-electron chi connectivity index (χ1n) is 5.92. The number of hydrogen-bond donors (Lipinski definition) is 0. The molecule has 0 bridgehead atoms. The summed E-state index contributed by atoms with van der Waals surface area (Å²) >= 11 is 0. The fraction of sp³-hybridized carbons (Fsp3) is 0.571. The SMILES string of the molecule is CC(C)(C)O[SiH2]c1ccccc1C(C)(C)C. The Morgan fingerprint density at radius 3 is 2.00 bits per heavy atom. The third-order valence-corrected chi connectivity index (χ3v) is 4.42. The molecule has 90 valence electrons. The Balaban J connectivity index is 2.88. The van der Waals surface area contributed by atoms with E-state index in [1.54, 1.807) is 0 Å². The predicted molar refractivity (Wildman–Crippen MR) is 74.2 cm³/mol. The molecule has 0 N–H and O–H groups in total. The second-order valence-electron chi connectivity index (χ2n) is 6.31. The Morgan fingerprint density at radius 2 is 1.50 bits per heavy atom. The predicted octanol–water partition coefficient (Wildman–Crippen LogP) is 2.51. The van der Waals surface area contributed by atoms with Crippen molar-refractivity contribution in [3.05, 3.63) is 29.8 Å². The van der Waals surface area contributed by atoms with E-state index in [0.29, 0.717) is 0 Å². The molecule has 0 aliphatic rings. The Bertz CT molecular complexity index is 344. The van der Waals surface area contributed by atoms with E-state index < -0.39 is 9.76 Å². The van der Waals surface area contributed by atoms with Crippen molar-refractivity contribution in [3.8, 4) is 0 Å². The van der Waals surface area contributed by atoms with Gasteiger partial charge in [-0.2, -0.15) is 0 Å². The van der Waals surface area contributed by atoms with E-state index in [9.17, 15) is 0 Å². The van der Waals surface area contributed by atoms with E-state index in [1.165, 1.54) is 10.8 Å². The van der Waals surface area contributed by atoms with Crippen LogP contribution in [0.15, 0.2) is 24.3 Å². The summed E-state index contributed by atoms with van der Waals surface area (Å²) in [6, 6.07) is 8.69. The smallest absolute Gasteiger partial charge is 0.193 e. The minimum atomic E-state index is -0.624. The first kappa shape index (κ1) is 13.5. The van der Waals surface area contributed by atoms with Crippen LogP contribution in [-0.4, -0.2) is 15.4 Å². The van der Waals surface area contributed by atoms with Gasteiger partial charge in [-0.3, -0.25) is 0 Å². The summed E-state index contributed by atoms with van der Waals surface area (Å²) in [5, 5.41) is 1.44. The Labute approximate surface area is 102 Å². The normalized spacial score (nSPS) is 13.6.